The van der Waals surface area contributed by atoms with Gasteiger partial charge in [0.05, 0.1) is 19.1 Å². The van der Waals surface area contributed by atoms with E-state index in [1.807, 2.05) is 6.07 Å². The number of pyridine rings is 1. The minimum atomic E-state index is -0.602. The number of methoxy groups -OCH3 is 1. The predicted molar refractivity (Wildman–Crippen MR) is 59.7 cm³/mol. The van der Waals surface area contributed by atoms with Gasteiger partial charge in [0.2, 0.25) is 0 Å². The highest BCUT2D eigenvalue weighted by Gasteiger charge is 2.35. The van der Waals surface area contributed by atoms with E-state index in [1.165, 1.54) is 12.7 Å². The molecule has 0 saturated carbocycles. The number of aryl methyl sites for hydroxylation is 1. The molecule has 0 unspecified atom stereocenters. The van der Waals surface area contributed by atoms with Gasteiger partial charge in [-0.15, -0.1) is 0 Å². The van der Waals surface area contributed by atoms with Gasteiger partial charge in [-0.25, -0.2) is 0 Å². The van der Waals surface area contributed by atoms with E-state index in [0.717, 1.165) is 24.8 Å². The highest BCUT2D eigenvalue weighted by molar-refractivity contribution is 5.71. The Labute approximate surface area is 94.8 Å². The lowest BCUT2D eigenvalue weighted by Crippen LogP contribution is -2.42. The summed E-state index contributed by atoms with van der Waals surface area (Å²) in [4.78, 5) is 15.5. The zero-order valence-corrected chi connectivity index (χ0v) is 9.40. The van der Waals surface area contributed by atoms with Crippen LogP contribution in [0.5, 0.6) is 0 Å². The van der Waals surface area contributed by atoms with Crippen molar-refractivity contribution in [1.82, 2.24) is 4.98 Å². The zero-order valence-electron chi connectivity index (χ0n) is 9.40. The number of nitrogens with two attached hydrogens (primary N) is 1. The van der Waals surface area contributed by atoms with Gasteiger partial charge in [-0.1, -0.05) is 0 Å². The summed E-state index contributed by atoms with van der Waals surface area (Å²) >= 11 is 0. The van der Waals surface area contributed by atoms with Crippen molar-refractivity contribution in [3.05, 3.63) is 29.6 Å². The zero-order chi connectivity index (χ0) is 11.6. The lowest BCUT2D eigenvalue weighted by molar-refractivity contribution is -0.142. The van der Waals surface area contributed by atoms with Crippen LogP contribution in [0.3, 0.4) is 0 Å². The van der Waals surface area contributed by atoms with Crippen LogP contribution in [0.15, 0.2) is 18.5 Å². The minimum Gasteiger partial charge on any atom is -0.469 e. The van der Waals surface area contributed by atoms with E-state index in [1.54, 1.807) is 12.4 Å². The first kappa shape index (κ1) is 11.1. The van der Waals surface area contributed by atoms with Crippen molar-refractivity contribution in [2.24, 2.45) is 5.73 Å². The highest BCUT2D eigenvalue weighted by Crippen LogP contribution is 2.35. The van der Waals surface area contributed by atoms with Crippen LogP contribution in [-0.2, 0) is 21.5 Å². The number of carbonyl (C=O) groups excluding carboxylic acids is 1. The van der Waals surface area contributed by atoms with Crippen LogP contribution in [0.4, 0.5) is 0 Å². The van der Waals surface area contributed by atoms with Crippen molar-refractivity contribution in [1.29, 1.82) is 0 Å². The molecule has 0 amide bonds. The lowest BCUT2D eigenvalue weighted by atomic mass is 9.76. The Morgan fingerprint density at radius 2 is 2.50 bits per heavy atom. The van der Waals surface area contributed by atoms with Crippen molar-refractivity contribution >= 4 is 5.97 Å². The van der Waals surface area contributed by atoms with Gasteiger partial charge in [0.15, 0.2) is 0 Å². The Morgan fingerprint density at radius 3 is 3.25 bits per heavy atom. The molecule has 1 aliphatic carbocycles. The average Bonchev–Trinajstić information content (AvgIpc) is 2.29. The summed E-state index contributed by atoms with van der Waals surface area (Å²) in [6, 6.07) is 1.98. The first-order valence-electron chi connectivity index (χ1n) is 5.45. The van der Waals surface area contributed by atoms with Crippen LogP contribution in [0.2, 0.25) is 0 Å². The second-order valence-electron chi connectivity index (χ2n) is 4.30. The predicted octanol–water partition coefficient (Wildman–Crippen LogP) is 1.14. The molecule has 1 aromatic heterocycles. The third-order valence-electron chi connectivity index (χ3n) is 3.20. The first-order valence-corrected chi connectivity index (χ1v) is 5.45. The molecular weight excluding hydrogens is 204 g/mol. The first-order chi connectivity index (χ1) is 7.65. The highest BCUT2D eigenvalue weighted by atomic mass is 16.5. The third-order valence-corrected chi connectivity index (χ3v) is 3.20. The largest absolute Gasteiger partial charge is 0.469 e. The molecule has 1 aromatic rings. The van der Waals surface area contributed by atoms with Crippen molar-refractivity contribution in [2.75, 3.05) is 7.11 Å². The topological polar surface area (TPSA) is 65.2 Å². The molecule has 0 saturated heterocycles. The standard InChI is InChI=1S/C12H16N2O2/c1-16-11(15)7-12(13)5-2-3-9-4-6-14-8-10(9)12/h4,6,8H,2-3,5,7,13H2,1H3/t12-/m0/s1. The molecular formula is C12H16N2O2. The summed E-state index contributed by atoms with van der Waals surface area (Å²) in [5.41, 5.74) is 7.90. The van der Waals surface area contributed by atoms with Gasteiger partial charge in [-0.05, 0) is 36.5 Å². The summed E-state index contributed by atoms with van der Waals surface area (Å²) in [5, 5.41) is 0. The number of hydrogen-bond acceptors (Lipinski definition) is 4. The number of esters is 1. The Bertz CT molecular complexity index is 406. The summed E-state index contributed by atoms with van der Waals surface area (Å²) in [6.45, 7) is 0. The van der Waals surface area contributed by atoms with Gasteiger partial charge in [0.1, 0.15) is 0 Å². The number of nitrogens with zero attached hydrogens (tertiary/aromatic N) is 1. The summed E-state index contributed by atoms with van der Waals surface area (Å²) in [5.74, 6) is -0.265. The van der Waals surface area contributed by atoms with Crippen molar-refractivity contribution in [3.63, 3.8) is 0 Å². The average molecular weight is 220 g/mol. The SMILES string of the molecule is COC(=O)C[C@@]1(N)CCCc2ccncc21. The number of fused-ring (bicyclic) bond motifs is 1. The molecule has 4 heteroatoms. The van der Waals surface area contributed by atoms with E-state index < -0.39 is 5.54 Å². The molecule has 0 aromatic carbocycles. The molecule has 0 aliphatic heterocycles. The molecule has 16 heavy (non-hydrogen) atoms. The Hall–Kier alpha value is -1.42. The van der Waals surface area contributed by atoms with E-state index >= 15 is 0 Å². The molecule has 4 nitrogen and oxygen atoms in total. The number of rotatable bonds is 2. The second-order valence-corrected chi connectivity index (χ2v) is 4.30. The molecule has 2 rings (SSSR count). The van der Waals surface area contributed by atoms with Crippen LogP contribution < -0.4 is 5.73 Å². The number of hydrogen-bond donors (Lipinski definition) is 1. The second kappa shape index (κ2) is 4.22. The fourth-order valence-electron chi connectivity index (χ4n) is 2.33. The molecule has 0 radical (unpaired) electrons. The summed E-state index contributed by atoms with van der Waals surface area (Å²) in [6.07, 6.45) is 6.59. The molecule has 1 heterocycles. The Kier molecular flexibility index (Phi) is 2.92. The van der Waals surface area contributed by atoms with Crippen molar-refractivity contribution in [2.45, 2.75) is 31.2 Å². The van der Waals surface area contributed by atoms with Crippen LogP contribution >= 0.6 is 0 Å². The molecule has 86 valence electrons. The molecule has 2 N–H and O–H groups in total. The normalized spacial score (nSPS) is 23.6. The summed E-state index contributed by atoms with van der Waals surface area (Å²) in [7, 11) is 1.39. The van der Waals surface area contributed by atoms with Crippen LogP contribution in [0, 0.1) is 0 Å². The van der Waals surface area contributed by atoms with E-state index in [4.69, 9.17) is 10.5 Å². The van der Waals surface area contributed by atoms with Gasteiger partial charge in [-0.2, -0.15) is 0 Å². The van der Waals surface area contributed by atoms with Gasteiger partial charge in [-0.3, -0.25) is 9.78 Å². The van der Waals surface area contributed by atoms with E-state index in [9.17, 15) is 4.79 Å². The lowest BCUT2D eigenvalue weighted by Gasteiger charge is -2.34. The Balaban J connectivity index is 2.32. The number of carbonyl (C=O) groups is 1. The maximum atomic E-state index is 11.4. The van der Waals surface area contributed by atoms with E-state index in [0.29, 0.717) is 0 Å². The smallest absolute Gasteiger partial charge is 0.307 e. The maximum Gasteiger partial charge on any atom is 0.307 e. The van der Waals surface area contributed by atoms with Crippen LogP contribution in [0.1, 0.15) is 30.4 Å². The third kappa shape index (κ3) is 1.93. The van der Waals surface area contributed by atoms with E-state index in [-0.39, 0.29) is 12.4 Å². The van der Waals surface area contributed by atoms with Gasteiger partial charge < -0.3 is 10.5 Å². The van der Waals surface area contributed by atoms with Gasteiger partial charge >= 0.3 is 5.97 Å². The minimum absolute atomic E-state index is 0.224. The Morgan fingerprint density at radius 1 is 1.69 bits per heavy atom. The molecule has 1 aliphatic rings. The van der Waals surface area contributed by atoms with Gasteiger partial charge in [0.25, 0.3) is 0 Å². The summed E-state index contributed by atoms with van der Waals surface area (Å²) < 4.78 is 4.69. The quantitative estimate of drug-likeness (QED) is 0.759. The fourth-order valence-corrected chi connectivity index (χ4v) is 2.33. The van der Waals surface area contributed by atoms with Gasteiger partial charge in [0, 0.05) is 12.4 Å². The molecule has 0 bridgehead atoms. The van der Waals surface area contributed by atoms with E-state index in [2.05, 4.69) is 4.98 Å². The molecule has 0 fully saturated rings. The van der Waals surface area contributed by atoms with Crippen molar-refractivity contribution in [3.8, 4) is 0 Å². The maximum absolute atomic E-state index is 11.4. The van der Waals surface area contributed by atoms with Crippen LogP contribution in [0.25, 0.3) is 0 Å². The molecule has 1 atom stereocenters. The van der Waals surface area contributed by atoms with Crippen molar-refractivity contribution < 1.29 is 9.53 Å². The number of aromatic nitrogens is 1. The fraction of sp³-hybridized carbons (Fsp3) is 0.500. The van der Waals surface area contributed by atoms with Crippen LogP contribution in [-0.4, -0.2) is 18.1 Å². The number of ether oxygens (including phenoxy) is 1. The molecule has 0 spiro atoms. The monoisotopic (exact) mass is 220 g/mol.